The maximum atomic E-state index is 14.1. The van der Waals surface area contributed by atoms with E-state index in [2.05, 4.69) is 5.32 Å². The summed E-state index contributed by atoms with van der Waals surface area (Å²) in [5.41, 5.74) is 0.0796. The molecule has 6 nitrogen and oxygen atoms in total. The van der Waals surface area contributed by atoms with Crippen LogP contribution >= 0.6 is 0 Å². The minimum atomic E-state index is -0.614. The molecule has 0 radical (unpaired) electrons. The molecule has 7 heteroatoms. The lowest BCUT2D eigenvalue weighted by molar-refractivity contribution is -0.130. The van der Waals surface area contributed by atoms with Gasteiger partial charge in [-0.2, -0.15) is 0 Å². The Morgan fingerprint density at radius 2 is 1.96 bits per heavy atom. The molecule has 0 aliphatic carbocycles. The zero-order valence-electron chi connectivity index (χ0n) is 14.5. The monoisotopic (exact) mass is 347 g/mol. The van der Waals surface area contributed by atoms with E-state index in [1.54, 1.807) is 14.1 Å². The van der Waals surface area contributed by atoms with Crippen LogP contribution in [0.4, 0.5) is 10.1 Å². The first kappa shape index (κ1) is 18.5. The van der Waals surface area contributed by atoms with Crippen LogP contribution in [0, 0.1) is 5.82 Å². The van der Waals surface area contributed by atoms with E-state index in [0.717, 1.165) is 6.07 Å². The third kappa shape index (κ3) is 5.34. The molecule has 0 unspecified atom stereocenters. The first-order valence-corrected chi connectivity index (χ1v) is 7.91. The van der Waals surface area contributed by atoms with Gasteiger partial charge < -0.3 is 19.5 Å². The molecule has 0 bridgehead atoms. The van der Waals surface area contributed by atoms with Crippen LogP contribution in [0.3, 0.4) is 0 Å². The summed E-state index contributed by atoms with van der Waals surface area (Å²) in [5.74, 6) is -0.892. The van der Waals surface area contributed by atoms with Crippen LogP contribution in [-0.2, 0) is 9.59 Å². The number of hydrogen-bond acceptors (Lipinski definition) is 3. The average molecular weight is 347 g/mol. The van der Waals surface area contributed by atoms with Gasteiger partial charge in [-0.15, -0.1) is 0 Å². The number of hydrogen-bond donors (Lipinski definition) is 1. The quantitative estimate of drug-likeness (QED) is 0.838. The molecule has 1 atom stereocenters. The van der Waals surface area contributed by atoms with Gasteiger partial charge in [0.25, 0.3) is 5.91 Å². The van der Waals surface area contributed by atoms with Crippen molar-refractivity contribution in [2.75, 3.05) is 26.0 Å². The SMILES string of the molecule is C[C@@H](CC(=O)Nc1ccc(OCC(=O)N(C)C)cc1F)n1cccc1. The fourth-order valence-corrected chi connectivity index (χ4v) is 2.18. The largest absolute Gasteiger partial charge is 0.484 e. The van der Waals surface area contributed by atoms with Crippen molar-refractivity contribution in [3.8, 4) is 5.75 Å². The van der Waals surface area contributed by atoms with Gasteiger partial charge in [0.15, 0.2) is 6.61 Å². The Morgan fingerprint density at radius 3 is 2.56 bits per heavy atom. The Balaban J connectivity index is 1.91. The van der Waals surface area contributed by atoms with Gasteiger partial charge in [0.05, 0.1) is 5.69 Å². The fraction of sp³-hybridized carbons (Fsp3) is 0.333. The number of likely N-dealkylation sites (N-methyl/N-ethyl adjacent to an activating group) is 1. The Labute approximate surface area is 146 Å². The molecule has 0 aliphatic rings. The number of amides is 2. The number of aromatic nitrogens is 1. The van der Waals surface area contributed by atoms with Crippen molar-refractivity contribution >= 4 is 17.5 Å². The molecule has 0 saturated carbocycles. The third-order valence-corrected chi connectivity index (χ3v) is 3.69. The topological polar surface area (TPSA) is 63.6 Å². The van der Waals surface area contributed by atoms with Crippen molar-refractivity contribution in [1.82, 2.24) is 9.47 Å². The van der Waals surface area contributed by atoms with Gasteiger partial charge in [0.2, 0.25) is 5.91 Å². The fourth-order valence-electron chi connectivity index (χ4n) is 2.18. The lowest BCUT2D eigenvalue weighted by Crippen LogP contribution is -2.27. The van der Waals surface area contributed by atoms with E-state index < -0.39 is 5.82 Å². The Kier molecular flexibility index (Phi) is 6.16. The molecular weight excluding hydrogens is 325 g/mol. The van der Waals surface area contributed by atoms with Crippen LogP contribution in [0.2, 0.25) is 0 Å². The van der Waals surface area contributed by atoms with Gasteiger partial charge in [0, 0.05) is 45.0 Å². The van der Waals surface area contributed by atoms with Crippen LogP contribution in [0.15, 0.2) is 42.7 Å². The van der Waals surface area contributed by atoms with Gasteiger partial charge in [-0.3, -0.25) is 9.59 Å². The molecule has 1 aromatic carbocycles. The maximum Gasteiger partial charge on any atom is 0.259 e. The number of carbonyl (C=O) groups is 2. The molecule has 1 N–H and O–H groups in total. The summed E-state index contributed by atoms with van der Waals surface area (Å²) >= 11 is 0. The van der Waals surface area contributed by atoms with Crippen LogP contribution in [-0.4, -0.2) is 42.0 Å². The lowest BCUT2D eigenvalue weighted by atomic mass is 10.2. The summed E-state index contributed by atoms with van der Waals surface area (Å²) in [7, 11) is 3.22. The zero-order chi connectivity index (χ0) is 18.4. The van der Waals surface area contributed by atoms with E-state index in [1.165, 1.54) is 17.0 Å². The van der Waals surface area contributed by atoms with Gasteiger partial charge >= 0.3 is 0 Å². The molecule has 2 amide bonds. The molecule has 0 saturated heterocycles. The summed E-state index contributed by atoms with van der Waals surface area (Å²) in [6.45, 7) is 1.74. The summed E-state index contributed by atoms with van der Waals surface area (Å²) in [5, 5.41) is 2.56. The highest BCUT2D eigenvalue weighted by Gasteiger charge is 2.13. The van der Waals surface area contributed by atoms with Gasteiger partial charge in [0.1, 0.15) is 11.6 Å². The molecule has 0 fully saturated rings. The van der Waals surface area contributed by atoms with Gasteiger partial charge in [-0.25, -0.2) is 4.39 Å². The second kappa shape index (κ2) is 8.32. The zero-order valence-corrected chi connectivity index (χ0v) is 14.5. The Bertz CT molecular complexity index is 729. The van der Waals surface area contributed by atoms with Crippen LogP contribution in [0.5, 0.6) is 5.75 Å². The highest BCUT2D eigenvalue weighted by Crippen LogP contribution is 2.21. The van der Waals surface area contributed by atoms with E-state index in [-0.39, 0.29) is 42.3 Å². The molecule has 134 valence electrons. The highest BCUT2D eigenvalue weighted by molar-refractivity contribution is 5.91. The number of nitrogens with one attached hydrogen (secondary N) is 1. The number of rotatable bonds is 7. The minimum absolute atomic E-state index is 0.0299. The van der Waals surface area contributed by atoms with Gasteiger partial charge in [-0.1, -0.05) is 0 Å². The van der Waals surface area contributed by atoms with Gasteiger partial charge in [-0.05, 0) is 31.2 Å². The summed E-state index contributed by atoms with van der Waals surface area (Å²) in [6.07, 6.45) is 3.98. The summed E-state index contributed by atoms with van der Waals surface area (Å²) < 4.78 is 21.3. The lowest BCUT2D eigenvalue weighted by Gasteiger charge is -2.14. The third-order valence-electron chi connectivity index (χ3n) is 3.69. The standard InChI is InChI=1S/C18H22FN3O3/c1-13(22-8-4-5-9-22)10-17(23)20-16-7-6-14(11-15(16)19)25-12-18(24)21(2)3/h4-9,11,13H,10,12H2,1-3H3,(H,20,23)/t13-/m0/s1. The first-order chi connectivity index (χ1) is 11.9. The molecule has 2 aromatic rings. The summed E-state index contributed by atoms with van der Waals surface area (Å²) in [6, 6.07) is 7.81. The van der Waals surface area contributed by atoms with Crippen molar-refractivity contribution in [3.63, 3.8) is 0 Å². The van der Waals surface area contributed by atoms with E-state index in [9.17, 15) is 14.0 Å². The maximum absolute atomic E-state index is 14.1. The molecular formula is C18H22FN3O3. The second-order valence-electron chi connectivity index (χ2n) is 5.95. The van der Waals surface area contributed by atoms with E-state index in [0.29, 0.717) is 0 Å². The van der Waals surface area contributed by atoms with E-state index in [1.807, 2.05) is 36.0 Å². The average Bonchev–Trinajstić information content (AvgIpc) is 3.09. The van der Waals surface area contributed by atoms with Crippen LogP contribution in [0.1, 0.15) is 19.4 Å². The minimum Gasteiger partial charge on any atom is -0.484 e. The first-order valence-electron chi connectivity index (χ1n) is 7.91. The van der Waals surface area contributed by atoms with Crippen molar-refractivity contribution < 1.29 is 18.7 Å². The van der Waals surface area contributed by atoms with Crippen LogP contribution < -0.4 is 10.1 Å². The number of ether oxygens (including phenoxy) is 1. The highest BCUT2D eigenvalue weighted by atomic mass is 19.1. The summed E-state index contributed by atoms with van der Waals surface area (Å²) in [4.78, 5) is 24.9. The molecule has 1 aromatic heterocycles. The Morgan fingerprint density at radius 1 is 1.28 bits per heavy atom. The molecule has 25 heavy (non-hydrogen) atoms. The molecule has 0 spiro atoms. The number of nitrogens with zero attached hydrogens (tertiary/aromatic N) is 2. The number of halogens is 1. The second-order valence-corrected chi connectivity index (χ2v) is 5.95. The van der Waals surface area contributed by atoms with Crippen molar-refractivity contribution in [2.45, 2.75) is 19.4 Å². The van der Waals surface area contributed by atoms with Crippen molar-refractivity contribution in [1.29, 1.82) is 0 Å². The number of benzene rings is 1. The molecule has 0 aliphatic heterocycles. The molecule has 1 heterocycles. The number of carbonyl (C=O) groups excluding carboxylic acids is 2. The van der Waals surface area contributed by atoms with E-state index in [4.69, 9.17) is 4.74 Å². The predicted octanol–water partition coefficient (Wildman–Crippen LogP) is 2.68. The van der Waals surface area contributed by atoms with Crippen molar-refractivity contribution in [3.05, 3.63) is 48.5 Å². The van der Waals surface area contributed by atoms with Crippen LogP contribution in [0.25, 0.3) is 0 Å². The normalized spacial score (nSPS) is 11.7. The Hall–Kier alpha value is -2.83. The molecule has 2 rings (SSSR count). The predicted molar refractivity (Wildman–Crippen MR) is 93.0 cm³/mol. The van der Waals surface area contributed by atoms with Crippen molar-refractivity contribution in [2.24, 2.45) is 0 Å². The number of anilines is 1. The van der Waals surface area contributed by atoms with E-state index >= 15 is 0 Å². The smallest absolute Gasteiger partial charge is 0.259 e.